The number of thioether (sulfide) groups is 1. The van der Waals surface area contributed by atoms with Crippen molar-refractivity contribution in [3.05, 3.63) is 119 Å². The van der Waals surface area contributed by atoms with Gasteiger partial charge in [-0.15, -0.1) is 0 Å². The van der Waals surface area contributed by atoms with Crippen LogP contribution in [0.2, 0.25) is 5.02 Å². The van der Waals surface area contributed by atoms with E-state index >= 15 is 0 Å². The molecule has 0 atom stereocenters. The Kier molecular flexibility index (Phi) is 8.21. The lowest BCUT2D eigenvalue weighted by Crippen LogP contribution is -2.04. The lowest BCUT2D eigenvalue weighted by Gasteiger charge is -2.19. The van der Waals surface area contributed by atoms with E-state index in [4.69, 9.17) is 21.6 Å². The van der Waals surface area contributed by atoms with Crippen LogP contribution in [0.25, 0.3) is 16.8 Å². The van der Waals surface area contributed by atoms with Crippen molar-refractivity contribution in [2.45, 2.75) is 37.3 Å². The topological polar surface area (TPSA) is 25.8 Å². The number of nitrogens with zero attached hydrogens (tertiary/aromatic N) is 2. The van der Waals surface area contributed by atoms with Gasteiger partial charge in [-0.05, 0) is 61.3 Å². The van der Waals surface area contributed by atoms with E-state index < -0.39 is 0 Å². The fraction of sp³-hybridized carbons (Fsp3) is 0.200. The van der Waals surface area contributed by atoms with Crippen molar-refractivity contribution in [1.82, 2.24) is 9.97 Å². The molecule has 34 heavy (non-hydrogen) atoms. The van der Waals surface area contributed by atoms with Crippen LogP contribution in [0.4, 0.5) is 0 Å². The number of aromatic nitrogens is 2. The SMILES string of the molecule is C=C(CCCC(c1ccccc1)c1ccccc1)c1c(C)nc(SC)nc1-c1cccc(Cl)c1. The molecule has 1 aromatic heterocycles. The van der Waals surface area contributed by atoms with Crippen LogP contribution in [-0.4, -0.2) is 16.2 Å². The summed E-state index contributed by atoms with van der Waals surface area (Å²) in [5.74, 6) is 0.360. The van der Waals surface area contributed by atoms with E-state index in [2.05, 4.69) is 73.3 Å². The van der Waals surface area contributed by atoms with Gasteiger partial charge in [0.05, 0.1) is 5.69 Å². The van der Waals surface area contributed by atoms with E-state index in [1.54, 1.807) is 11.8 Å². The molecule has 0 spiro atoms. The van der Waals surface area contributed by atoms with Crippen molar-refractivity contribution in [2.75, 3.05) is 6.26 Å². The van der Waals surface area contributed by atoms with Gasteiger partial charge in [0.2, 0.25) is 0 Å². The second kappa shape index (κ2) is 11.5. The van der Waals surface area contributed by atoms with Crippen LogP contribution in [0.1, 0.15) is 47.6 Å². The highest BCUT2D eigenvalue weighted by molar-refractivity contribution is 7.98. The summed E-state index contributed by atoms with van der Waals surface area (Å²) in [7, 11) is 0. The van der Waals surface area contributed by atoms with Crippen molar-refractivity contribution in [3.8, 4) is 11.3 Å². The number of hydrogen-bond donors (Lipinski definition) is 0. The molecule has 0 fully saturated rings. The minimum Gasteiger partial charge on any atom is -0.227 e. The Morgan fingerprint density at radius 1 is 0.912 bits per heavy atom. The van der Waals surface area contributed by atoms with E-state index in [-0.39, 0.29) is 0 Å². The number of aryl methyl sites for hydroxylation is 1. The number of halogens is 1. The first-order chi connectivity index (χ1) is 16.6. The molecular formula is C30H29ClN2S. The predicted molar refractivity (Wildman–Crippen MR) is 147 cm³/mol. The Morgan fingerprint density at radius 3 is 2.15 bits per heavy atom. The second-order valence-electron chi connectivity index (χ2n) is 8.40. The van der Waals surface area contributed by atoms with Gasteiger partial charge >= 0.3 is 0 Å². The van der Waals surface area contributed by atoms with Crippen LogP contribution < -0.4 is 0 Å². The molecular weight excluding hydrogens is 456 g/mol. The quantitative estimate of drug-likeness (QED) is 0.175. The van der Waals surface area contributed by atoms with Crippen LogP contribution in [0, 0.1) is 6.92 Å². The molecule has 0 saturated carbocycles. The summed E-state index contributed by atoms with van der Waals surface area (Å²) in [6, 6.07) is 29.4. The molecule has 1 heterocycles. The average molecular weight is 485 g/mol. The first kappa shape index (κ1) is 24.3. The van der Waals surface area contributed by atoms with Crippen LogP contribution in [0.3, 0.4) is 0 Å². The van der Waals surface area contributed by atoms with Gasteiger partial charge in [-0.1, -0.05) is 103 Å². The van der Waals surface area contributed by atoms with Crippen molar-refractivity contribution < 1.29 is 0 Å². The fourth-order valence-electron chi connectivity index (χ4n) is 4.45. The number of benzene rings is 3. The summed E-state index contributed by atoms with van der Waals surface area (Å²) in [6.45, 7) is 6.52. The number of hydrogen-bond acceptors (Lipinski definition) is 3. The van der Waals surface area contributed by atoms with Crippen molar-refractivity contribution in [1.29, 1.82) is 0 Å². The van der Waals surface area contributed by atoms with Crippen LogP contribution >= 0.6 is 23.4 Å². The Labute approximate surface area is 212 Å². The Morgan fingerprint density at radius 2 is 1.56 bits per heavy atom. The summed E-state index contributed by atoms with van der Waals surface area (Å²) >= 11 is 7.85. The zero-order valence-corrected chi connectivity index (χ0v) is 21.2. The normalized spacial score (nSPS) is 11.1. The van der Waals surface area contributed by atoms with Gasteiger partial charge in [0.1, 0.15) is 0 Å². The molecule has 0 unspecified atom stereocenters. The van der Waals surface area contributed by atoms with Crippen molar-refractivity contribution >= 4 is 28.9 Å². The molecule has 0 N–H and O–H groups in total. The van der Waals surface area contributed by atoms with Gasteiger partial charge in [-0.2, -0.15) is 0 Å². The van der Waals surface area contributed by atoms with E-state index in [0.29, 0.717) is 10.9 Å². The standard InChI is InChI=1S/C30H29ClN2S/c1-21(12-10-19-27(23-13-6-4-7-14-23)24-15-8-5-9-16-24)28-22(2)32-30(34-3)33-29(28)25-17-11-18-26(31)20-25/h4-9,11,13-18,20,27H,1,10,12,19H2,2-3H3. The highest BCUT2D eigenvalue weighted by Gasteiger charge is 2.18. The smallest absolute Gasteiger partial charge is 0.188 e. The molecule has 0 aliphatic carbocycles. The fourth-order valence-corrected chi connectivity index (χ4v) is 5.05. The zero-order chi connectivity index (χ0) is 23.9. The van der Waals surface area contributed by atoms with Crippen molar-refractivity contribution in [3.63, 3.8) is 0 Å². The van der Waals surface area contributed by atoms with Gasteiger partial charge in [0.15, 0.2) is 5.16 Å². The summed E-state index contributed by atoms with van der Waals surface area (Å²) in [5.41, 5.74) is 7.67. The van der Waals surface area contributed by atoms with Crippen molar-refractivity contribution in [2.24, 2.45) is 0 Å². The first-order valence-corrected chi connectivity index (χ1v) is 13.1. The molecule has 0 amide bonds. The van der Waals surface area contributed by atoms with Crippen LogP contribution in [0.5, 0.6) is 0 Å². The lowest BCUT2D eigenvalue weighted by atomic mass is 9.86. The van der Waals surface area contributed by atoms with Gasteiger partial charge in [0, 0.05) is 27.8 Å². The summed E-state index contributed by atoms with van der Waals surface area (Å²) in [5, 5.41) is 1.46. The third kappa shape index (κ3) is 5.78. The van der Waals surface area contributed by atoms with E-state index in [1.807, 2.05) is 31.4 Å². The molecule has 3 aromatic carbocycles. The molecule has 0 aliphatic rings. The third-order valence-corrected chi connectivity index (χ3v) is 6.86. The monoisotopic (exact) mass is 484 g/mol. The predicted octanol–water partition coefficient (Wildman–Crippen LogP) is 8.84. The number of rotatable bonds is 9. The summed E-state index contributed by atoms with van der Waals surface area (Å²) < 4.78 is 0. The van der Waals surface area contributed by atoms with Crippen LogP contribution in [-0.2, 0) is 0 Å². The highest BCUT2D eigenvalue weighted by atomic mass is 35.5. The molecule has 4 rings (SSSR count). The maximum atomic E-state index is 6.30. The first-order valence-electron chi connectivity index (χ1n) is 11.5. The Bertz CT molecular complexity index is 1220. The average Bonchev–Trinajstić information content (AvgIpc) is 2.87. The molecule has 4 heteroatoms. The minimum absolute atomic E-state index is 0.360. The summed E-state index contributed by atoms with van der Waals surface area (Å²) in [6.07, 6.45) is 4.94. The molecule has 0 saturated heterocycles. The van der Waals surface area contributed by atoms with Gasteiger partial charge < -0.3 is 0 Å². The molecule has 0 bridgehead atoms. The number of allylic oxidation sites excluding steroid dienone is 1. The second-order valence-corrected chi connectivity index (χ2v) is 9.61. The molecule has 4 aromatic rings. The van der Waals surface area contributed by atoms with Gasteiger partial charge in [-0.3, -0.25) is 0 Å². The molecule has 172 valence electrons. The minimum atomic E-state index is 0.360. The molecule has 0 radical (unpaired) electrons. The highest BCUT2D eigenvalue weighted by Crippen LogP contribution is 2.35. The molecule has 2 nitrogen and oxygen atoms in total. The maximum absolute atomic E-state index is 6.30. The maximum Gasteiger partial charge on any atom is 0.188 e. The van der Waals surface area contributed by atoms with E-state index in [1.165, 1.54) is 11.1 Å². The Balaban J connectivity index is 1.58. The van der Waals surface area contributed by atoms with E-state index in [0.717, 1.165) is 52.5 Å². The largest absolute Gasteiger partial charge is 0.227 e. The molecule has 0 aliphatic heterocycles. The van der Waals surface area contributed by atoms with Gasteiger partial charge in [0.25, 0.3) is 0 Å². The Hall–Kier alpha value is -2.88. The van der Waals surface area contributed by atoms with Gasteiger partial charge in [-0.25, -0.2) is 9.97 Å². The zero-order valence-electron chi connectivity index (χ0n) is 19.7. The summed E-state index contributed by atoms with van der Waals surface area (Å²) in [4.78, 5) is 9.57. The lowest BCUT2D eigenvalue weighted by molar-refractivity contribution is 0.673. The van der Waals surface area contributed by atoms with E-state index in [9.17, 15) is 0 Å². The van der Waals surface area contributed by atoms with Crippen LogP contribution in [0.15, 0.2) is 96.7 Å². The third-order valence-electron chi connectivity index (χ3n) is 6.08.